The van der Waals surface area contributed by atoms with Gasteiger partial charge in [0.05, 0.1) is 14.7 Å². The molecule has 1 nitrogen and oxygen atoms in total. The average Bonchev–Trinajstić information content (AvgIpc) is 2.54. The Bertz CT molecular complexity index is 532. The van der Waals surface area contributed by atoms with Crippen molar-refractivity contribution in [1.29, 1.82) is 0 Å². The van der Waals surface area contributed by atoms with E-state index in [1.807, 2.05) is 0 Å². The number of benzene rings is 1. The third kappa shape index (κ3) is 1.25. The molecule has 0 aromatic heterocycles. The molecule has 3 rings (SSSR count). The average molecular weight is 274 g/mol. The Morgan fingerprint density at radius 3 is 2.37 bits per heavy atom. The van der Waals surface area contributed by atoms with Gasteiger partial charge in [-0.15, -0.1) is 0 Å². The zero-order chi connectivity index (χ0) is 14.1. The molecule has 3 atom stereocenters. The summed E-state index contributed by atoms with van der Waals surface area (Å²) in [6.07, 6.45) is 2.31. The zero-order valence-corrected chi connectivity index (χ0v) is 13.9. The largest absolute Gasteiger partial charge is 0.396 e. The maximum absolute atomic E-state index is 10.3. The van der Waals surface area contributed by atoms with Crippen LogP contribution in [0.2, 0.25) is 24.7 Å². The molecule has 1 N–H and O–H groups in total. The van der Waals surface area contributed by atoms with E-state index in [0.717, 1.165) is 6.42 Å². The van der Waals surface area contributed by atoms with Crippen LogP contribution in [0.15, 0.2) is 24.3 Å². The van der Waals surface area contributed by atoms with Crippen molar-refractivity contribution < 1.29 is 5.11 Å². The smallest absolute Gasteiger partial charge is 0.0511 e. The van der Waals surface area contributed by atoms with E-state index in [2.05, 4.69) is 57.8 Å². The van der Waals surface area contributed by atoms with Crippen molar-refractivity contribution in [2.24, 2.45) is 5.41 Å². The molecule has 0 unspecified atom stereocenters. The van der Waals surface area contributed by atoms with Gasteiger partial charge < -0.3 is 5.11 Å². The van der Waals surface area contributed by atoms with Gasteiger partial charge in [0, 0.05) is 10.8 Å². The molecule has 1 aromatic rings. The third-order valence-corrected chi connectivity index (χ3v) is 10.8. The quantitative estimate of drug-likeness (QED) is 0.809. The van der Waals surface area contributed by atoms with Gasteiger partial charge in [0.2, 0.25) is 0 Å². The van der Waals surface area contributed by atoms with Crippen LogP contribution in [-0.2, 0) is 11.8 Å². The first-order valence-electron chi connectivity index (χ1n) is 7.41. The fraction of sp³-hybridized carbons (Fsp3) is 0.647. The molecular formula is C17H26OSi. The summed E-state index contributed by atoms with van der Waals surface area (Å²) in [5, 5.41) is 10.6. The predicted molar refractivity (Wildman–Crippen MR) is 83.3 cm³/mol. The molecule has 2 heteroatoms. The van der Waals surface area contributed by atoms with Crippen LogP contribution in [0.25, 0.3) is 0 Å². The van der Waals surface area contributed by atoms with Crippen molar-refractivity contribution in [2.75, 3.05) is 6.61 Å². The van der Waals surface area contributed by atoms with Crippen LogP contribution in [-0.4, -0.2) is 19.8 Å². The molecule has 1 fully saturated rings. The van der Waals surface area contributed by atoms with Crippen LogP contribution in [0.1, 0.15) is 31.4 Å². The van der Waals surface area contributed by atoms with Crippen LogP contribution < -0.4 is 0 Å². The van der Waals surface area contributed by atoms with Gasteiger partial charge in [-0.2, -0.15) is 0 Å². The summed E-state index contributed by atoms with van der Waals surface area (Å²) in [6, 6.07) is 8.85. The van der Waals surface area contributed by atoms with Gasteiger partial charge in [-0.1, -0.05) is 57.8 Å². The van der Waals surface area contributed by atoms with E-state index >= 15 is 0 Å². The molecule has 19 heavy (non-hydrogen) atoms. The molecule has 0 spiro atoms. The van der Waals surface area contributed by atoms with Crippen molar-refractivity contribution in [2.45, 2.75) is 56.8 Å². The lowest BCUT2D eigenvalue weighted by Gasteiger charge is -2.71. The Balaban J connectivity index is 2.17. The lowest BCUT2D eigenvalue weighted by atomic mass is 9.44. The highest BCUT2D eigenvalue weighted by atomic mass is 28.3. The summed E-state index contributed by atoms with van der Waals surface area (Å²) < 4.78 is 0. The minimum Gasteiger partial charge on any atom is -0.396 e. The lowest BCUT2D eigenvalue weighted by molar-refractivity contribution is -0.0821. The zero-order valence-electron chi connectivity index (χ0n) is 12.9. The van der Waals surface area contributed by atoms with Gasteiger partial charge >= 0.3 is 0 Å². The van der Waals surface area contributed by atoms with Crippen LogP contribution in [0, 0.1) is 5.41 Å². The SMILES string of the molecule is C[C@]1([Si](C)(C)C)C[C@]2(C)c3ccccc3C[C@]12CO. The summed E-state index contributed by atoms with van der Waals surface area (Å²) in [5.41, 5.74) is 3.24. The minimum absolute atomic E-state index is 0.0775. The molecular weight excluding hydrogens is 248 g/mol. The minimum atomic E-state index is -1.32. The van der Waals surface area contributed by atoms with Gasteiger partial charge in [0.25, 0.3) is 0 Å². The second kappa shape index (κ2) is 3.53. The number of hydrogen-bond acceptors (Lipinski definition) is 1. The molecule has 0 heterocycles. The summed E-state index contributed by atoms with van der Waals surface area (Å²) in [5.74, 6) is 0. The van der Waals surface area contributed by atoms with E-state index in [-0.39, 0.29) is 10.8 Å². The topological polar surface area (TPSA) is 20.2 Å². The van der Waals surface area contributed by atoms with Gasteiger partial charge in [-0.3, -0.25) is 0 Å². The molecule has 104 valence electrons. The number of fused-ring (bicyclic) bond motifs is 3. The Kier molecular flexibility index (Phi) is 2.49. The number of aliphatic hydroxyl groups excluding tert-OH is 1. The van der Waals surface area contributed by atoms with Crippen LogP contribution in [0.4, 0.5) is 0 Å². The standard InChI is InChI=1S/C17H26OSi/c1-15-11-16(2,19(3,4)5)17(15,12-18)10-13-8-6-7-9-14(13)15/h6-9,18H,10-12H2,1-5H3/t15-,16+,17-/m1/s1. The monoisotopic (exact) mass is 274 g/mol. The maximum Gasteiger partial charge on any atom is 0.0511 e. The third-order valence-electron chi connectivity index (χ3n) is 6.85. The van der Waals surface area contributed by atoms with Crippen molar-refractivity contribution in [1.82, 2.24) is 0 Å². The summed E-state index contributed by atoms with van der Waals surface area (Å²) in [4.78, 5) is 0. The van der Waals surface area contributed by atoms with E-state index in [0.29, 0.717) is 11.6 Å². The fourth-order valence-corrected chi connectivity index (χ4v) is 7.98. The first kappa shape index (κ1) is 13.4. The first-order chi connectivity index (χ1) is 8.72. The van der Waals surface area contributed by atoms with E-state index in [1.165, 1.54) is 17.5 Å². The van der Waals surface area contributed by atoms with E-state index < -0.39 is 8.07 Å². The van der Waals surface area contributed by atoms with E-state index in [1.54, 1.807) is 0 Å². The van der Waals surface area contributed by atoms with Crippen LogP contribution in [0.5, 0.6) is 0 Å². The summed E-state index contributed by atoms with van der Waals surface area (Å²) in [7, 11) is -1.32. The Morgan fingerprint density at radius 1 is 1.16 bits per heavy atom. The molecule has 1 saturated carbocycles. The second-order valence-corrected chi connectivity index (χ2v) is 13.8. The predicted octanol–water partition coefficient (Wildman–Crippen LogP) is 3.98. The van der Waals surface area contributed by atoms with Gasteiger partial charge in [-0.05, 0) is 29.0 Å². The fourth-order valence-electron chi connectivity index (χ4n) is 5.22. The second-order valence-electron chi connectivity index (χ2n) is 8.17. The first-order valence-corrected chi connectivity index (χ1v) is 10.9. The maximum atomic E-state index is 10.3. The Morgan fingerprint density at radius 2 is 1.79 bits per heavy atom. The Labute approximate surface area is 118 Å². The van der Waals surface area contributed by atoms with Gasteiger partial charge in [-0.25, -0.2) is 0 Å². The number of hydrogen-bond donors (Lipinski definition) is 1. The summed E-state index contributed by atoms with van der Waals surface area (Å²) >= 11 is 0. The van der Waals surface area contributed by atoms with E-state index in [9.17, 15) is 5.11 Å². The molecule has 0 bridgehead atoms. The van der Waals surface area contributed by atoms with Crippen molar-refractivity contribution in [3.05, 3.63) is 35.4 Å². The number of aliphatic hydroxyl groups is 1. The van der Waals surface area contributed by atoms with Crippen molar-refractivity contribution in [3.63, 3.8) is 0 Å². The highest BCUT2D eigenvalue weighted by Gasteiger charge is 2.75. The highest BCUT2D eigenvalue weighted by Crippen LogP contribution is 2.79. The lowest BCUT2D eigenvalue weighted by Crippen LogP contribution is -2.69. The molecule has 2 aliphatic rings. The van der Waals surface area contributed by atoms with E-state index in [4.69, 9.17) is 0 Å². The van der Waals surface area contributed by atoms with Gasteiger partial charge in [0.15, 0.2) is 0 Å². The summed E-state index contributed by atoms with van der Waals surface area (Å²) in [6.45, 7) is 12.6. The van der Waals surface area contributed by atoms with Crippen LogP contribution in [0.3, 0.4) is 0 Å². The molecule has 0 radical (unpaired) electrons. The highest BCUT2D eigenvalue weighted by molar-refractivity contribution is 6.79. The Hall–Kier alpha value is -0.603. The van der Waals surface area contributed by atoms with Crippen molar-refractivity contribution >= 4 is 8.07 Å². The number of rotatable bonds is 2. The molecule has 2 aliphatic carbocycles. The van der Waals surface area contributed by atoms with Crippen LogP contribution >= 0.6 is 0 Å². The molecule has 1 aromatic carbocycles. The van der Waals surface area contributed by atoms with Crippen molar-refractivity contribution in [3.8, 4) is 0 Å². The molecule has 0 amide bonds. The molecule has 0 saturated heterocycles. The normalized spacial score (nSPS) is 40.5. The van der Waals surface area contributed by atoms with Gasteiger partial charge in [0.1, 0.15) is 0 Å². The molecule has 0 aliphatic heterocycles.